The highest BCUT2D eigenvalue weighted by Gasteiger charge is 2.07. The van der Waals surface area contributed by atoms with Crippen molar-refractivity contribution >= 4 is 7.85 Å². The fraction of sp³-hybridized carbons (Fsp3) is 1.00. The molecule has 0 fully saturated rings. The fourth-order valence-electron chi connectivity index (χ4n) is 3.43. The fourth-order valence-corrected chi connectivity index (χ4v) is 3.43. The molecule has 0 spiro atoms. The Hall–Kier alpha value is 0.0649. The van der Waals surface area contributed by atoms with Crippen LogP contribution in [0, 0.1) is 23.7 Å². The van der Waals surface area contributed by atoms with Crippen LogP contribution in [0.25, 0.3) is 0 Å². The van der Waals surface area contributed by atoms with Crippen LogP contribution in [0.2, 0.25) is 6.32 Å². The smallest absolute Gasteiger partial charge is 0.0808 e. The molecule has 0 aliphatic heterocycles. The number of hydrogen-bond donors (Lipinski definition) is 0. The largest absolute Gasteiger partial charge is 0.101 e. The quantitative estimate of drug-likeness (QED) is 0.321. The standard InChI is InChI=1S/C20H43B/c1-17(2)9-6-10-18(3)11-7-12-19(4)13-8-14-20(5)15-16-21/h17-20H,6-16,21H2,1-5H3. The van der Waals surface area contributed by atoms with Crippen molar-refractivity contribution in [3.05, 3.63) is 0 Å². The summed E-state index contributed by atoms with van der Waals surface area (Å²) in [6.45, 7) is 12.0. The molecule has 126 valence electrons. The monoisotopic (exact) mass is 294 g/mol. The lowest BCUT2D eigenvalue weighted by molar-refractivity contribution is 0.376. The predicted molar refractivity (Wildman–Crippen MR) is 102 cm³/mol. The minimum atomic E-state index is 0.882. The Morgan fingerprint density at radius 1 is 0.524 bits per heavy atom. The van der Waals surface area contributed by atoms with E-state index in [-0.39, 0.29) is 0 Å². The third-order valence-corrected chi connectivity index (χ3v) is 5.05. The first-order valence-electron chi connectivity index (χ1n) is 9.95. The molecule has 3 atom stereocenters. The first kappa shape index (κ1) is 21.1. The van der Waals surface area contributed by atoms with Crippen molar-refractivity contribution in [1.82, 2.24) is 0 Å². The molecule has 0 radical (unpaired) electrons. The lowest BCUT2D eigenvalue weighted by atomic mass is 9.88. The van der Waals surface area contributed by atoms with Gasteiger partial charge >= 0.3 is 0 Å². The summed E-state index contributed by atoms with van der Waals surface area (Å²) in [7, 11) is 2.31. The van der Waals surface area contributed by atoms with E-state index in [1.807, 2.05) is 0 Å². The van der Waals surface area contributed by atoms with Gasteiger partial charge in [0, 0.05) is 0 Å². The van der Waals surface area contributed by atoms with Gasteiger partial charge in [0.2, 0.25) is 0 Å². The van der Waals surface area contributed by atoms with Gasteiger partial charge in [-0.15, -0.1) is 0 Å². The summed E-state index contributed by atoms with van der Waals surface area (Å²) in [6.07, 6.45) is 15.8. The predicted octanol–water partition coefficient (Wildman–Crippen LogP) is 6.50. The van der Waals surface area contributed by atoms with Crippen molar-refractivity contribution < 1.29 is 0 Å². The first-order valence-corrected chi connectivity index (χ1v) is 9.95. The highest BCUT2D eigenvalue weighted by atomic mass is 14.1. The van der Waals surface area contributed by atoms with Crippen LogP contribution in [0.4, 0.5) is 0 Å². The molecule has 0 aliphatic carbocycles. The van der Waals surface area contributed by atoms with Gasteiger partial charge in [-0.25, -0.2) is 0 Å². The Bertz CT molecular complexity index is 212. The third-order valence-electron chi connectivity index (χ3n) is 5.05. The van der Waals surface area contributed by atoms with E-state index >= 15 is 0 Å². The molecule has 0 aliphatic rings. The number of hydrogen-bond acceptors (Lipinski definition) is 0. The second kappa shape index (κ2) is 13.7. The van der Waals surface area contributed by atoms with E-state index in [4.69, 9.17) is 0 Å². The maximum absolute atomic E-state index is 2.47. The molecule has 0 amide bonds. The molecule has 21 heavy (non-hydrogen) atoms. The van der Waals surface area contributed by atoms with E-state index in [9.17, 15) is 0 Å². The molecule has 0 aromatic carbocycles. The van der Waals surface area contributed by atoms with Gasteiger partial charge in [-0.3, -0.25) is 0 Å². The van der Waals surface area contributed by atoms with E-state index in [0.717, 1.165) is 23.7 Å². The molecule has 0 saturated carbocycles. The SMILES string of the molecule is BCCC(C)CCCC(C)CCCC(C)CCCC(C)C. The lowest BCUT2D eigenvalue weighted by Gasteiger charge is -2.16. The Morgan fingerprint density at radius 2 is 0.857 bits per heavy atom. The van der Waals surface area contributed by atoms with Gasteiger partial charge in [-0.1, -0.05) is 105 Å². The van der Waals surface area contributed by atoms with Crippen molar-refractivity contribution in [2.24, 2.45) is 23.7 Å². The van der Waals surface area contributed by atoms with Gasteiger partial charge in [0.1, 0.15) is 7.85 Å². The summed E-state index contributed by atoms with van der Waals surface area (Å²) in [5, 5.41) is 0. The third kappa shape index (κ3) is 14.8. The average molecular weight is 294 g/mol. The van der Waals surface area contributed by atoms with Crippen LogP contribution in [0.15, 0.2) is 0 Å². The zero-order chi connectivity index (χ0) is 16.1. The topological polar surface area (TPSA) is 0 Å². The normalized spacial score (nSPS) is 16.1. The van der Waals surface area contributed by atoms with Crippen LogP contribution in [0.5, 0.6) is 0 Å². The van der Waals surface area contributed by atoms with E-state index in [1.165, 1.54) is 70.5 Å². The molecule has 0 rings (SSSR count). The molecule has 3 unspecified atom stereocenters. The Balaban J connectivity index is 3.45. The van der Waals surface area contributed by atoms with Gasteiger partial charge in [0.25, 0.3) is 0 Å². The van der Waals surface area contributed by atoms with E-state index in [2.05, 4.69) is 42.5 Å². The van der Waals surface area contributed by atoms with E-state index in [1.54, 1.807) is 0 Å². The molecule has 0 saturated heterocycles. The molecule has 0 nitrogen and oxygen atoms in total. The van der Waals surface area contributed by atoms with Crippen molar-refractivity contribution in [3.8, 4) is 0 Å². The van der Waals surface area contributed by atoms with E-state index < -0.39 is 0 Å². The Morgan fingerprint density at radius 3 is 1.19 bits per heavy atom. The summed E-state index contributed by atoms with van der Waals surface area (Å²) >= 11 is 0. The first-order chi connectivity index (χ1) is 9.95. The highest BCUT2D eigenvalue weighted by Crippen LogP contribution is 2.22. The second-order valence-corrected chi connectivity index (χ2v) is 8.29. The second-order valence-electron chi connectivity index (χ2n) is 8.29. The highest BCUT2D eigenvalue weighted by molar-refractivity contribution is 6.08. The zero-order valence-electron chi connectivity index (χ0n) is 16.1. The van der Waals surface area contributed by atoms with Crippen molar-refractivity contribution in [3.63, 3.8) is 0 Å². The molecule has 0 aromatic heterocycles. The van der Waals surface area contributed by atoms with Gasteiger partial charge in [0.15, 0.2) is 0 Å². The van der Waals surface area contributed by atoms with Gasteiger partial charge in [-0.2, -0.15) is 0 Å². The summed E-state index contributed by atoms with van der Waals surface area (Å²) in [5.74, 6) is 3.72. The van der Waals surface area contributed by atoms with Crippen LogP contribution in [-0.4, -0.2) is 7.85 Å². The molecular formula is C20H43B. The number of rotatable bonds is 14. The van der Waals surface area contributed by atoms with Crippen LogP contribution in [0.3, 0.4) is 0 Å². The maximum Gasteiger partial charge on any atom is 0.101 e. The van der Waals surface area contributed by atoms with Crippen LogP contribution >= 0.6 is 0 Å². The van der Waals surface area contributed by atoms with Gasteiger partial charge in [0.05, 0.1) is 0 Å². The van der Waals surface area contributed by atoms with Crippen molar-refractivity contribution in [1.29, 1.82) is 0 Å². The average Bonchev–Trinajstić information content (AvgIpc) is 2.38. The van der Waals surface area contributed by atoms with Crippen molar-refractivity contribution in [2.45, 2.75) is 105 Å². The minimum Gasteiger partial charge on any atom is -0.0808 e. The zero-order valence-corrected chi connectivity index (χ0v) is 16.1. The lowest BCUT2D eigenvalue weighted by Crippen LogP contribution is -2.01. The Kier molecular flexibility index (Phi) is 13.8. The van der Waals surface area contributed by atoms with E-state index in [0.29, 0.717) is 0 Å². The summed E-state index contributed by atoms with van der Waals surface area (Å²) in [6, 6.07) is 0. The summed E-state index contributed by atoms with van der Waals surface area (Å²) in [5.41, 5.74) is 0. The van der Waals surface area contributed by atoms with Crippen molar-refractivity contribution in [2.75, 3.05) is 0 Å². The van der Waals surface area contributed by atoms with Crippen LogP contribution < -0.4 is 0 Å². The molecule has 0 aromatic rings. The molecule has 0 bridgehead atoms. The van der Waals surface area contributed by atoms with Gasteiger partial charge < -0.3 is 0 Å². The van der Waals surface area contributed by atoms with Crippen LogP contribution in [0.1, 0.15) is 98.8 Å². The molecule has 0 heterocycles. The summed E-state index contributed by atoms with van der Waals surface area (Å²) < 4.78 is 0. The van der Waals surface area contributed by atoms with Gasteiger partial charge in [-0.05, 0) is 23.7 Å². The van der Waals surface area contributed by atoms with Crippen LogP contribution in [-0.2, 0) is 0 Å². The molecule has 0 N–H and O–H groups in total. The Labute approximate surface area is 137 Å². The minimum absolute atomic E-state index is 0.882. The maximum atomic E-state index is 2.47. The summed E-state index contributed by atoms with van der Waals surface area (Å²) in [4.78, 5) is 0. The molecule has 1 heteroatoms. The molecular weight excluding hydrogens is 251 g/mol.